The molecule has 1 aromatic rings. The second kappa shape index (κ2) is 7.39. The molecule has 25 heavy (non-hydrogen) atoms. The summed E-state index contributed by atoms with van der Waals surface area (Å²) < 4.78 is 6.08. The number of ether oxygens (including phenoxy) is 1. The molecule has 1 aliphatic carbocycles. The fourth-order valence-corrected chi connectivity index (χ4v) is 3.69. The number of imide groups is 2. The maximum absolute atomic E-state index is 12.9. The molecule has 1 saturated carbocycles. The van der Waals surface area contributed by atoms with Crippen molar-refractivity contribution in [2.24, 2.45) is 0 Å². The van der Waals surface area contributed by atoms with E-state index in [2.05, 4.69) is 21.2 Å². The van der Waals surface area contributed by atoms with Crippen molar-refractivity contribution in [3.63, 3.8) is 0 Å². The fourth-order valence-electron chi connectivity index (χ4n) is 3.32. The highest BCUT2D eigenvalue weighted by Gasteiger charge is 2.40. The maximum Gasteiger partial charge on any atom is 0.331 e. The highest BCUT2D eigenvalue weighted by molar-refractivity contribution is 9.10. The highest BCUT2D eigenvalue weighted by Crippen LogP contribution is 2.29. The molecule has 1 N–H and O–H groups in total. The lowest BCUT2D eigenvalue weighted by Gasteiger charge is -2.35. The zero-order valence-corrected chi connectivity index (χ0v) is 15.5. The van der Waals surface area contributed by atoms with E-state index in [0.29, 0.717) is 11.3 Å². The van der Waals surface area contributed by atoms with E-state index < -0.39 is 17.8 Å². The van der Waals surface area contributed by atoms with Gasteiger partial charge in [0.1, 0.15) is 11.3 Å². The van der Waals surface area contributed by atoms with E-state index in [1.54, 1.807) is 12.1 Å². The molecule has 1 saturated heterocycles. The predicted molar refractivity (Wildman–Crippen MR) is 95.9 cm³/mol. The molecule has 1 aromatic carbocycles. The number of carbonyl (C=O) groups is 3. The Morgan fingerprint density at radius 3 is 2.60 bits per heavy atom. The Kier molecular flexibility index (Phi) is 5.22. The smallest absolute Gasteiger partial charge is 0.331 e. The molecular weight excluding hydrogens is 388 g/mol. The number of barbiturate groups is 1. The van der Waals surface area contributed by atoms with Gasteiger partial charge in [0.25, 0.3) is 11.8 Å². The Labute approximate surface area is 154 Å². The van der Waals surface area contributed by atoms with E-state index in [-0.39, 0.29) is 11.6 Å². The van der Waals surface area contributed by atoms with Crippen molar-refractivity contribution in [1.29, 1.82) is 0 Å². The van der Waals surface area contributed by atoms with Crippen LogP contribution in [0.4, 0.5) is 4.79 Å². The van der Waals surface area contributed by atoms with Crippen LogP contribution in [0.3, 0.4) is 0 Å². The average molecular weight is 407 g/mol. The van der Waals surface area contributed by atoms with Crippen molar-refractivity contribution < 1.29 is 19.1 Å². The number of methoxy groups -OCH3 is 1. The third-order valence-electron chi connectivity index (χ3n) is 4.56. The van der Waals surface area contributed by atoms with Crippen LogP contribution in [0.2, 0.25) is 0 Å². The van der Waals surface area contributed by atoms with Gasteiger partial charge in [-0.15, -0.1) is 0 Å². The summed E-state index contributed by atoms with van der Waals surface area (Å²) in [7, 11) is 1.52. The molecule has 6 nitrogen and oxygen atoms in total. The molecule has 0 unspecified atom stereocenters. The van der Waals surface area contributed by atoms with Gasteiger partial charge in [0, 0.05) is 16.1 Å². The molecule has 132 valence electrons. The maximum atomic E-state index is 12.9. The van der Waals surface area contributed by atoms with Crippen molar-refractivity contribution in [2.45, 2.75) is 38.1 Å². The Morgan fingerprint density at radius 1 is 1.20 bits per heavy atom. The molecule has 3 rings (SSSR count). The summed E-state index contributed by atoms with van der Waals surface area (Å²) in [6.07, 6.45) is 6.10. The van der Waals surface area contributed by atoms with Gasteiger partial charge in [-0.25, -0.2) is 4.79 Å². The number of hydrogen-bond donors (Lipinski definition) is 1. The summed E-state index contributed by atoms with van der Waals surface area (Å²) in [5.41, 5.74) is 0.537. The Hall–Kier alpha value is -2.15. The molecule has 2 fully saturated rings. The Morgan fingerprint density at radius 2 is 1.92 bits per heavy atom. The van der Waals surface area contributed by atoms with E-state index in [1.807, 2.05) is 6.07 Å². The number of urea groups is 1. The summed E-state index contributed by atoms with van der Waals surface area (Å²) in [6.45, 7) is 0. The lowest BCUT2D eigenvalue weighted by molar-refractivity contribution is -0.132. The van der Waals surface area contributed by atoms with E-state index in [4.69, 9.17) is 4.74 Å². The van der Waals surface area contributed by atoms with Crippen LogP contribution in [0, 0.1) is 0 Å². The van der Waals surface area contributed by atoms with E-state index in [9.17, 15) is 14.4 Å². The van der Waals surface area contributed by atoms with Crippen molar-refractivity contribution in [3.05, 3.63) is 33.8 Å². The molecule has 0 bridgehead atoms. The molecule has 0 radical (unpaired) electrons. The van der Waals surface area contributed by atoms with E-state index in [1.165, 1.54) is 18.1 Å². The minimum Gasteiger partial charge on any atom is -0.496 e. The third-order valence-corrected chi connectivity index (χ3v) is 5.06. The molecule has 0 atom stereocenters. The number of nitrogens with one attached hydrogen (secondary N) is 1. The van der Waals surface area contributed by atoms with Gasteiger partial charge in [0.15, 0.2) is 0 Å². The molecule has 1 aliphatic heterocycles. The molecule has 1 heterocycles. The average Bonchev–Trinajstić information content (AvgIpc) is 2.59. The van der Waals surface area contributed by atoms with Gasteiger partial charge in [-0.2, -0.15) is 0 Å². The number of nitrogens with zero attached hydrogens (tertiary/aromatic N) is 1. The van der Waals surface area contributed by atoms with Crippen molar-refractivity contribution in [1.82, 2.24) is 10.2 Å². The normalized spacial score (nSPS) is 20.8. The van der Waals surface area contributed by atoms with E-state index >= 15 is 0 Å². The SMILES string of the molecule is COc1ccc(Br)cc1C=C1C(=O)NC(=O)N(C2CCCCC2)C1=O. The van der Waals surface area contributed by atoms with Gasteiger partial charge >= 0.3 is 6.03 Å². The number of carbonyl (C=O) groups excluding carboxylic acids is 3. The first-order chi connectivity index (χ1) is 12.0. The predicted octanol–water partition coefficient (Wildman–Crippen LogP) is 3.25. The number of benzene rings is 1. The molecule has 7 heteroatoms. The topological polar surface area (TPSA) is 75.7 Å². The minimum atomic E-state index is -0.677. The van der Waals surface area contributed by atoms with Crippen LogP contribution in [0.5, 0.6) is 5.75 Å². The first-order valence-electron chi connectivity index (χ1n) is 8.25. The first kappa shape index (κ1) is 17.7. The number of halogens is 1. The van der Waals surface area contributed by atoms with Crippen molar-refractivity contribution >= 4 is 39.9 Å². The number of hydrogen-bond acceptors (Lipinski definition) is 4. The largest absolute Gasteiger partial charge is 0.496 e. The van der Waals surface area contributed by atoms with Gasteiger partial charge in [-0.1, -0.05) is 35.2 Å². The van der Waals surface area contributed by atoms with Crippen molar-refractivity contribution in [3.8, 4) is 5.75 Å². The molecular formula is C18H19BrN2O4. The van der Waals surface area contributed by atoms with Crippen molar-refractivity contribution in [2.75, 3.05) is 7.11 Å². The summed E-state index contributed by atoms with van der Waals surface area (Å²) in [6, 6.07) is 4.53. The van der Waals surface area contributed by atoms with E-state index in [0.717, 1.165) is 36.6 Å². The van der Waals surface area contributed by atoms with Gasteiger partial charge in [0.2, 0.25) is 0 Å². The molecule has 4 amide bonds. The Bertz CT molecular complexity index is 753. The van der Waals surface area contributed by atoms with Gasteiger partial charge in [-0.3, -0.25) is 19.8 Å². The summed E-state index contributed by atoms with van der Waals surface area (Å²) >= 11 is 3.37. The summed E-state index contributed by atoms with van der Waals surface area (Å²) in [5.74, 6) is -0.677. The quantitative estimate of drug-likeness (QED) is 0.617. The van der Waals surface area contributed by atoms with Crippen LogP contribution in [-0.2, 0) is 9.59 Å². The first-order valence-corrected chi connectivity index (χ1v) is 9.04. The van der Waals surface area contributed by atoms with Crippen LogP contribution < -0.4 is 10.1 Å². The Balaban J connectivity index is 1.97. The highest BCUT2D eigenvalue weighted by atomic mass is 79.9. The van der Waals surface area contributed by atoms with Gasteiger partial charge in [-0.05, 0) is 37.1 Å². The van der Waals surface area contributed by atoms with Crippen LogP contribution in [0.1, 0.15) is 37.7 Å². The van der Waals surface area contributed by atoms with Crippen LogP contribution in [-0.4, -0.2) is 35.9 Å². The van der Waals surface area contributed by atoms with Gasteiger partial charge in [0.05, 0.1) is 7.11 Å². The summed E-state index contributed by atoms with van der Waals surface area (Å²) in [5, 5.41) is 2.29. The van der Waals surface area contributed by atoms with Crippen LogP contribution in [0.15, 0.2) is 28.2 Å². The zero-order valence-electron chi connectivity index (χ0n) is 13.9. The second-order valence-corrected chi connectivity index (χ2v) is 7.09. The minimum absolute atomic E-state index is 0.0541. The molecule has 0 spiro atoms. The lowest BCUT2D eigenvalue weighted by Crippen LogP contribution is -2.58. The number of amides is 4. The fraction of sp³-hybridized carbons (Fsp3) is 0.389. The standard InChI is InChI=1S/C18H19BrN2O4/c1-25-15-8-7-12(19)9-11(15)10-14-16(22)20-18(24)21(17(14)23)13-5-3-2-4-6-13/h7-10,13H,2-6H2,1H3,(H,20,22,24). The summed E-state index contributed by atoms with van der Waals surface area (Å²) in [4.78, 5) is 38.5. The van der Waals surface area contributed by atoms with Crippen LogP contribution >= 0.6 is 15.9 Å². The second-order valence-electron chi connectivity index (χ2n) is 6.17. The molecule has 2 aliphatic rings. The monoisotopic (exact) mass is 406 g/mol. The molecule has 0 aromatic heterocycles. The number of rotatable bonds is 3. The zero-order chi connectivity index (χ0) is 18.0. The van der Waals surface area contributed by atoms with Crippen LogP contribution in [0.25, 0.3) is 6.08 Å². The van der Waals surface area contributed by atoms with Gasteiger partial charge < -0.3 is 4.74 Å². The lowest BCUT2D eigenvalue weighted by atomic mass is 9.93. The third kappa shape index (κ3) is 3.61.